The second kappa shape index (κ2) is 9.93. The summed E-state index contributed by atoms with van der Waals surface area (Å²) in [5.41, 5.74) is 112. The molecular weight excluding hydrogens is 596 g/mol. The van der Waals surface area contributed by atoms with Crippen molar-refractivity contribution in [2.45, 2.75) is 45.4 Å². The van der Waals surface area contributed by atoms with E-state index in [0.29, 0.717) is 0 Å². The molecule has 3 aliphatic rings. The van der Waals surface area contributed by atoms with Gasteiger partial charge in [0.2, 0.25) is 5.54 Å². The van der Waals surface area contributed by atoms with Crippen molar-refractivity contribution in [3.8, 4) is 0 Å². The molecule has 0 aromatic rings. The lowest BCUT2D eigenvalue weighted by Gasteiger charge is -2.81. The zero-order chi connectivity index (χ0) is 34.1. The fraction of sp³-hybridized carbons (Fsp3) is 0.900. The van der Waals surface area contributed by atoms with Crippen molar-refractivity contribution in [3.63, 3.8) is 0 Å². The lowest BCUT2D eigenvalue weighted by molar-refractivity contribution is -0.324. The van der Waals surface area contributed by atoms with E-state index in [1.807, 2.05) is 0 Å². The minimum Gasteiger partial charge on any atom is -0.209 e. The maximum atomic E-state index is 8.36. The molecule has 3 aliphatic carbocycles. The van der Waals surface area contributed by atoms with Crippen LogP contribution in [0.2, 0.25) is 0 Å². The van der Waals surface area contributed by atoms with E-state index in [1.54, 1.807) is 0 Å². The fourth-order valence-electron chi connectivity index (χ4n) is 6.54. The summed E-state index contributed by atoms with van der Waals surface area (Å²) >= 11 is 0. The fourth-order valence-corrected chi connectivity index (χ4v) is 6.54. The second-order valence-corrected chi connectivity index (χ2v) is 8.37. The molecule has 44 heavy (non-hydrogen) atoms. The molecule has 0 amide bonds. The Balaban J connectivity index is 4.09. The summed E-state index contributed by atoms with van der Waals surface area (Å²) in [6, 6.07) is 0. The highest BCUT2D eigenvalue weighted by Crippen LogP contribution is 2.90. The van der Waals surface area contributed by atoms with Gasteiger partial charge < -0.3 is 0 Å². The molecule has 0 saturated heterocycles. The summed E-state index contributed by atoms with van der Waals surface area (Å²) in [5, 5.41) is 50.5. The van der Waals surface area contributed by atoms with Gasteiger partial charge in [0.05, 0.1) is 0 Å². The van der Waals surface area contributed by atoms with Gasteiger partial charge >= 0.3 is 17.4 Å². The summed E-state index contributed by atoms with van der Waals surface area (Å²) < 4.78 is 0. The molecular formula is C10H17N34. The molecule has 17 N–H and O–H groups in total. The zero-order valence-corrected chi connectivity index (χ0v) is 21.1. The molecule has 0 heterocycles. The molecule has 3 rings (SSSR count). The van der Waals surface area contributed by atoms with E-state index in [0.717, 1.165) is 0 Å². The van der Waals surface area contributed by atoms with Gasteiger partial charge in [-0.3, -0.25) is 0 Å². The van der Waals surface area contributed by atoms with Crippen molar-refractivity contribution in [1.82, 2.24) is 0 Å². The SMILES string of the molecule is N=NC(N=N)(N=N)[C]1C(N=N)(N=N)C(N=N)(N=N)C2(N=N)C(N=N)(N=N)C1(N=N)C2(C(N=N)(N=N)N=N)C(N=N)(N=N)N=N. The molecule has 3 saturated carbocycles. The predicted molar refractivity (Wildman–Crippen MR) is 115 cm³/mol. The molecule has 0 aliphatic heterocycles. The van der Waals surface area contributed by atoms with Crippen molar-refractivity contribution in [2.24, 2.45) is 92.4 Å². The van der Waals surface area contributed by atoms with E-state index in [1.165, 1.54) is 0 Å². The minimum absolute atomic E-state index is 1.83. The molecule has 34 heteroatoms. The van der Waals surface area contributed by atoms with Gasteiger partial charge in [-0.15, -0.1) is 46.0 Å². The van der Waals surface area contributed by atoms with Crippen molar-refractivity contribution in [1.29, 1.82) is 94.0 Å². The van der Waals surface area contributed by atoms with Gasteiger partial charge in [-0.25, -0.2) is 94.0 Å². The van der Waals surface area contributed by atoms with Gasteiger partial charge in [-0.05, 0) is 0 Å². The average Bonchev–Trinajstić information content (AvgIpc) is 3.08. The van der Waals surface area contributed by atoms with Crippen LogP contribution in [0.4, 0.5) is 0 Å². The van der Waals surface area contributed by atoms with Gasteiger partial charge in [0.25, 0.3) is 17.0 Å². The summed E-state index contributed by atoms with van der Waals surface area (Å²) in [6.07, 6.45) is 0. The molecule has 2 unspecified atom stereocenters. The molecule has 0 aromatic carbocycles. The molecule has 2 atom stereocenters. The third-order valence-corrected chi connectivity index (χ3v) is 7.85. The first-order valence-corrected chi connectivity index (χ1v) is 10.4. The number of nitrogens with zero attached hydrogens (tertiary/aromatic N) is 17. The van der Waals surface area contributed by atoms with Crippen LogP contribution in [0.3, 0.4) is 0 Å². The Hall–Kier alpha value is -6.80. The molecule has 1 radical (unpaired) electrons. The number of hydrogen-bond acceptors (Lipinski definition) is 34. The van der Waals surface area contributed by atoms with E-state index in [2.05, 4.69) is 86.9 Å². The Labute approximate surface area is 238 Å². The Morgan fingerprint density at radius 1 is 0.364 bits per heavy atom. The molecule has 227 valence electrons. The van der Waals surface area contributed by atoms with Crippen LogP contribution < -0.4 is 0 Å². The van der Waals surface area contributed by atoms with E-state index in [4.69, 9.17) is 94.0 Å². The Morgan fingerprint density at radius 3 is 0.909 bits per heavy atom. The minimum atomic E-state index is -4.14. The zero-order valence-electron chi connectivity index (χ0n) is 21.1. The lowest BCUT2D eigenvalue weighted by Crippen LogP contribution is -3.07. The highest BCUT2D eigenvalue weighted by Gasteiger charge is 3.16. The maximum Gasteiger partial charge on any atom is 0.315 e. The van der Waals surface area contributed by atoms with Crippen LogP contribution >= 0.6 is 0 Å². The Kier molecular flexibility index (Phi) is 7.54. The molecule has 0 spiro atoms. The smallest absolute Gasteiger partial charge is 0.209 e. The summed E-state index contributed by atoms with van der Waals surface area (Å²) in [6.45, 7) is 0. The molecule has 2 bridgehead atoms. The topological polar surface area (TPSA) is 616 Å². The predicted octanol–water partition coefficient (Wildman–Crippen LogP) is 6.63. The normalized spacial score (nSPS) is 37.8. The van der Waals surface area contributed by atoms with Crippen molar-refractivity contribution >= 4 is 0 Å². The van der Waals surface area contributed by atoms with Crippen molar-refractivity contribution in [3.05, 3.63) is 5.92 Å². The van der Waals surface area contributed by atoms with E-state index < -0.39 is 56.8 Å². The first kappa shape index (κ1) is 33.4. The number of hydrogen-bond donors (Lipinski definition) is 17. The van der Waals surface area contributed by atoms with Gasteiger partial charge in [-0.1, -0.05) is 0 Å². The first-order valence-electron chi connectivity index (χ1n) is 10.4. The number of nitrogens with one attached hydrogen (secondary N) is 17. The van der Waals surface area contributed by atoms with E-state index in [9.17, 15) is 0 Å². The third kappa shape index (κ3) is 2.29. The molecule has 0 aromatic heterocycles. The van der Waals surface area contributed by atoms with Crippen molar-refractivity contribution in [2.75, 3.05) is 0 Å². The Morgan fingerprint density at radius 2 is 0.705 bits per heavy atom. The van der Waals surface area contributed by atoms with Crippen molar-refractivity contribution < 1.29 is 0 Å². The maximum absolute atomic E-state index is 8.36. The van der Waals surface area contributed by atoms with Gasteiger partial charge in [0.1, 0.15) is 5.92 Å². The van der Waals surface area contributed by atoms with Gasteiger partial charge in [-0.2, -0.15) is 40.9 Å². The van der Waals surface area contributed by atoms with Gasteiger partial charge in [0.15, 0.2) is 11.0 Å². The standard InChI is InChI=1S/C10H17N34/c11-28-2-1(4(31-14,32-15)33-16)3(29-12,30-13)8(37-20,38-21)6(34-17,7(2,35-18)36-19)5(2,9(39-22,40-23)41-24)10(42-25,43-26)44-27/h11-27H. The van der Waals surface area contributed by atoms with Crippen LogP contribution in [0, 0.1) is 105 Å². The Bertz CT molecular complexity index is 1320. The van der Waals surface area contributed by atoms with Gasteiger partial charge in [0, 0.05) is 0 Å². The highest BCUT2D eigenvalue weighted by molar-refractivity contribution is 5.68. The average molecular weight is 613 g/mol. The second-order valence-electron chi connectivity index (χ2n) is 8.37. The largest absolute Gasteiger partial charge is 0.315 e. The molecule has 3 fully saturated rings. The molecule has 34 nitrogen and oxygen atoms in total. The quantitative estimate of drug-likeness (QED) is 0.0642. The van der Waals surface area contributed by atoms with Crippen LogP contribution in [0.15, 0.2) is 86.9 Å². The summed E-state index contributed by atoms with van der Waals surface area (Å²) in [7, 11) is 0. The van der Waals surface area contributed by atoms with E-state index in [-0.39, 0.29) is 0 Å². The highest BCUT2D eigenvalue weighted by atomic mass is 15.6. The van der Waals surface area contributed by atoms with E-state index >= 15 is 0 Å². The first-order chi connectivity index (χ1) is 20.9. The summed E-state index contributed by atoms with van der Waals surface area (Å²) in [5.74, 6) is -13.5. The monoisotopic (exact) mass is 613 g/mol. The van der Waals surface area contributed by atoms with Crippen LogP contribution in [0.25, 0.3) is 0 Å². The summed E-state index contributed by atoms with van der Waals surface area (Å²) in [4.78, 5) is 0. The van der Waals surface area contributed by atoms with Crippen LogP contribution in [-0.4, -0.2) is 45.4 Å². The lowest BCUT2D eigenvalue weighted by atomic mass is 9.22. The third-order valence-electron chi connectivity index (χ3n) is 7.85. The van der Waals surface area contributed by atoms with Crippen LogP contribution in [0.5, 0.6) is 0 Å². The number of rotatable bonds is 20. The van der Waals surface area contributed by atoms with Crippen LogP contribution in [-0.2, 0) is 0 Å². The number of fused-ring (bicyclic) bond motifs is 2. The van der Waals surface area contributed by atoms with Crippen LogP contribution in [0.1, 0.15) is 0 Å².